The molecule has 9 heteroatoms. The van der Waals surface area contributed by atoms with Gasteiger partial charge in [0, 0.05) is 6.54 Å². The van der Waals surface area contributed by atoms with Crippen molar-refractivity contribution in [2.75, 3.05) is 5.32 Å². The van der Waals surface area contributed by atoms with Gasteiger partial charge >= 0.3 is 0 Å². The highest BCUT2D eigenvalue weighted by molar-refractivity contribution is 5.47. The molecule has 0 amide bonds. The number of halogens is 5. The molecule has 0 aliphatic carbocycles. The maximum absolute atomic E-state index is 13.4. The fourth-order valence-electron chi connectivity index (χ4n) is 1.62. The Balaban J connectivity index is 2.31. The summed E-state index contributed by atoms with van der Waals surface area (Å²) < 4.78 is 67.0. The van der Waals surface area contributed by atoms with Crippen molar-refractivity contribution in [3.63, 3.8) is 0 Å². The van der Waals surface area contributed by atoms with Crippen LogP contribution in [0.4, 0.5) is 27.6 Å². The van der Waals surface area contributed by atoms with Crippen molar-refractivity contribution in [1.29, 1.82) is 0 Å². The lowest BCUT2D eigenvalue weighted by molar-refractivity contribution is 0.381. The molecule has 108 valence electrons. The lowest BCUT2D eigenvalue weighted by atomic mass is 10.2. The molecule has 2 aromatic rings. The van der Waals surface area contributed by atoms with E-state index in [9.17, 15) is 22.0 Å². The highest BCUT2D eigenvalue weighted by Gasteiger charge is 2.25. The predicted molar refractivity (Wildman–Crippen MR) is 59.3 cm³/mol. The molecular weight excluding hydrogens is 283 g/mol. The van der Waals surface area contributed by atoms with Crippen molar-refractivity contribution >= 4 is 5.69 Å². The molecular formula is C11H9F5N4. The fraction of sp³-hybridized carbons (Fsp3) is 0.273. The molecule has 0 saturated heterocycles. The Morgan fingerprint density at radius 2 is 1.55 bits per heavy atom. The zero-order valence-electron chi connectivity index (χ0n) is 10.2. The zero-order valence-corrected chi connectivity index (χ0v) is 10.2. The first-order valence-corrected chi connectivity index (χ1v) is 5.59. The van der Waals surface area contributed by atoms with Crippen LogP contribution in [0.1, 0.15) is 12.7 Å². The molecule has 1 N–H and O–H groups in total. The van der Waals surface area contributed by atoms with Gasteiger partial charge in [0.05, 0.1) is 6.54 Å². The first-order chi connectivity index (χ1) is 9.47. The molecule has 0 spiro atoms. The Hall–Kier alpha value is -2.19. The summed E-state index contributed by atoms with van der Waals surface area (Å²) >= 11 is 0. The lowest BCUT2D eigenvalue weighted by Gasteiger charge is -2.10. The summed E-state index contributed by atoms with van der Waals surface area (Å²) in [6.45, 7) is 1.98. The average molecular weight is 292 g/mol. The summed E-state index contributed by atoms with van der Waals surface area (Å²) in [5.41, 5.74) is -1.09. The van der Waals surface area contributed by atoms with Gasteiger partial charge in [-0.3, -0.25) is 0 Å². The minimum atomic E-state index is -2.19. The van der Waals surface area contributed by atoms with E-state index in [1.54, 1.807) is 6.92 Å². The van der Waals surface area contributed by atoms with Gasteiger partial charge in [-0.15, -0.1) is 0 Å². The van der Waals surface area contributed by atoms with Gasteiger partial charge in [-0.05, 0) is 6.92 Å². The standard InChI is InChI=1S/C11H9F5N4/c1-2-20-5(18-4-19-20)3-17-11-9(15)7(13)6(12)8(14)10(11)16/h4,17H,2-3H2,1H3. The van der Waals surface area contributed by atoms with Crippen LogP contribution in [0.5, 0.6) is 0 Å². The maximum Gasteiger partial charge on any atom is 0.200 e. The van der Waals surface area contributed by atoms with Crippen LogP contribution in [0.15, 0.2) is 6.33 Å². The van der Waals surface area contributed by atoms with Gasteiger partial charge in [-0.25, -0.2) is 31.6 Å². The van der Waals surface area contributed by atoms with E-state index in [2.05, 4.69) is 15.4 Å². The molecule has 2 rings (SSSR count). The van der Waals surface area contributed by atoms with Crippen molar-refractivity contribution in [1.82, 2.24) is 14.8 Å². The first-order valence-electron chi connectivity index (χ1n) is 5.59. The van der Waals surface area contributed by atoms with Gasteiger partial charge in [0.15, 0.2) is 23.3 Å². The largest absolute Gasteiger partial charge is 0.373 e. The van der Waals surface area contributed by atoms with Crippen LogP contribution < -0.4 is 5.32 Å². The zero-order chi connectivity index (χ0) is 14.9. The van der Waals surface area contributed by atoms with Crippen LogP contribution in [0.3, 0.4) is 0 Å². The number of nitrogens with one attached hydrogen (secondary N) is 1. The molecule has 0 aliphatic heterocycles. The number of aromatic nitrogens is 3. The van der Waals surface area contributed by atoms with Crippen molar-refractivity contribution in [2.45, 2.75) is 20.0 Å². The summed E-state index contributed by atoms with van der Waals surface area (Å²) in [4.78, 5) is 3.81. The van der Waals surface area contributed by atoms with E-state index in [1.165, 1.54) is 11.0 Å². The highest BCUT2D eigenvalue weighted by Crippen LogP contribution is 2.27. The summed E-state index contributed by atoms with van der Waals surface area (Å²) in [5.74, 6) is -9.71. The molecule has 0 saturated carbocycles. The number of rotatable bonds is 4. The summed E-state index contributed by atoms with van der Waals surface area (Å²) in [5, 5.41) is 5.96. The second-order valence-electron chi connectivity index (χ2n) is 3.79. The number of hydrogen-bond acceptors (Lipinski definition) is 3. The van der Waals surface area contributed by atoms with Gasteiger partial charge < -0.3 is 5.32 Å². The maximum atomic E-state index is 13.4. The van der Waals surface area contributed by atoms with Crippen LogP contribution in [-0.2, 0) is 13.1 Å². The second-order valence-corrected chi connectivity index (χ2v) is 3.79. The van der Waals surface area contributed by atoms with Gasteiger partial charge in [0.25, 0.3) is 0 Å². The van der Waals surface area contributed by atoms with Gasteiger partial charge in [0.1, 0.15) is 17.8 Å². The van der Waals surface area contributed by atoms with Crippen LogP contribution in [-0.4, -0.2) is 14.8 Å². The van der Waals surface area contributed by atoms with Crippen molar-refractivity contribution in [2.24, 2.45) is 0 Å². The normalized spacial score (nSPS) is 10.9. The third-order valence-electron chi connectivity index (χ3n) is 2.63. The molecule has 20 heavy (non-hydrogen) atoms. The molecule has 0 atom stereocenters. The third kappa shape index (κ3) is 2.30. The van der Waals surface area contributed by atoms with Crippen LogP contribution in [0.2, 0.25) is 0 Å². The summed E-state index contributed by atoms with van der Waals surface area (Å²) in [7, 11) is 0. The Kier molecular flexibility index (Phi) is 3.86. The molecule has 1 aromatic heterocycles. The van der Waals surface area contributed by atoms with E-state index in [0.717, 1.165) is 0 Å². The molecule has 4 nitrogen and oxygen atoms in total. The quantitative estimate of drug-likeness (QED) is 0.535. The second kappa shape index (κ2) is 5.43. The van der Waals surface area contributed by atoms with E-state index in [1.807, 2.05) is 0 Å². The summed E-state index contributed by atoms with van der Waals surface area (Å²) in [6.07, 6.45) is 1.22. The highest BCUT2D eigenvalue weighted by atomic mass is 19.2. The summed E-state index contributed by atoms with van der Waals surface area (Å²) in [6, 6.07) is 0. The minimum absolute atomic E-state index is 0.230. The first kappa shape index (κ1) is 14.2. The van der Waals surface area contributed by atoms with E-state index in [4.69, 9.17) is 0 Å². The van der Waals surface area contributed by atoms with E-state index >= 15 is 0 Å². The number of aryl methyl sites for hydroxylation is 1. The number of benzene rings is 1. The minimum Gasteiger partial charge on any atom is -0.373 e. The third-order valence-corrected chi connectivity index (χ3v) is 2.63. The van der Waals surface area contributed by atoms with Gasteiger partial charge in [-0.1, -0.05) is 0 Å². The molecule has 0 bridgehead atoms. The lowest BCUT2D eigenvalue weighted by Crippen LogP contribution is -2.13. The van der Waals surface area contributed by atoms with Crippen molar-refractivity contribution in [3.8, 4) is 0 Å². The van der Waals surface area contributed by atoms with Gasteiger partial charge in [-0.2, -0.15) is 5.10 Å². The molecule has 0 unspecified atom stereocenters. The van der Waals surface area contributed by atoms with Gasteiger partial charge in [0.2, 0.25) is 5.82 Å². The number of anilines is 1. The SMILES string of the molecule is CCn1ncnc1CNc1c(F)c(F)c(F)c(F)c1F. The fourth-order valence-corrected chi connectivity index (χ4v) is 1.62. The number of hydrogen-bond donors (Lipinski definition) is 1. The Labute approximate surface area is 110 Å². The van der Waals surface area contributed by atoms with Crippen molar-refractivity contribution < 1.29 is 22.0 Å². The van der Waals surface area contributed by atoms with E-state index < -0.39 is 34.8 Å². The molecule has 1 heterocycles. The average Bonchev–Trinajstić information content (AvgIpc) is 2.90. The molecule has 1 aromatic carbocycles. The van der Waals surface area contributed by atoms with Crippen LogP contribution in [0.25, 0.3) is 0 Å². The Morgan fingerprint density at radius 1 is 1.00 bits per heavy atom. The Bertz CT molecular complexity index is 611. The molecule has 0 radical (unpaired) electrons. The van der Waals surface area contributed by atoms with E-state index in [0.29, 0.717) is 12.4 Å². The number of nitrogens with zero attached hydrogens (tertiary/aromatic N) is 3. The van der Waals surface area contributed by atoms with E-state index in [-0.39, 0.29) is 6.54 Å². The monoisotopic (exact) mass is 292 g/mol. The molecule has 0 fully saturated rings. The predicted octanol–water partition coefficient (Wildman–Crippen LogP) is 2.61. The molecule has 0 aliphatic rings. The van der Waals surface area contributed by atoms with Crippen LogP contribution >= 0.6 is 0 Å². The smallest absolute Gasteiger partial charge is 0.200 e. The van der Waals surface area contributed by atoms with Crippen molar-refractivity contribution in [3.05, 3.63) is 41.2 Å². The topological polar surface area (TPSA) is 42.7 Å². The Morgan fingerprint density at radius 3 is 2.10 bits per heavy atom. The van der Waals surface area contributed by atoms with Crippen LogP contribution in [0, 0.1) is 29.1 Å².